The van der Waals surface area contributed by atoms with Crippen LogP contribution in [0.25, 0.3) is 0 Å². The summed E-state index contributed by atoms with van der Waals surface area (Å²) in [7, 11) is 1.68. The predicted octanol–water partition coefficient (Wildman–Crippen LogP) is 2.60. The van der Waals surface area contributed by atoms with E-state index in [2.05, 4.69) is 5.32 Å². The molecule has 2 unspecified atom stereocenters. The van der Waals surface area contributed by atoms with Gasteiger partial charge in [0.05, 0.1) is 6.61 Å². The van der Waals surface area contributed by atoms with Crippen molar-refractivity contribution < 1.29 is 9.53 Å². The molecule has 0 spiro atoms. The van der Waals surface area contributed by atoms with E-state index in [0.717, 1.165) is 30.4 Å². The Morgan fingerprint density at radius 3 is 2.52 bits per heavy atom. The molecule has 1 aromatic rings. The lowest BCUT2D eigenvalue weighted by Gasteiger charge is -2.14. The van der Waals surface area contributed by atoms with Gasteiger partial charge in [0.1, 0.15) is 0 Å². The van der Waals surface area contributed by atoms with E-state index < -0.39 is 0 Å². The lowest BCUT2D eigenvalue weighted by Crippen LogP contribution is -2.29. The third-order valence-corrected chi connectivity index (χ3v) is 3.62. The van der Waals surface area contributed by atoms with E-state index in [1.165, 1.54) is 0 Å². The second-order valence-corrected chi connectivity index (χ2v) is 5.73. The van der Waals surface area contributed by atoms with Gasteiger partial charge in [-0.05, 0) is 30.9 Å². The standard InChI is InChI=1S/C17H28N2O2/c1-13(7-6-8-14(2)18)17(20)19-11-15-9-4-5-10-16(15)12-21-3/h4-5,9-10,13-14H,6-8,11-12,18H2,1-3H3,(H,19,20). The molecule has 0 fully saturated rings. The monoisotopic (exact) mass is 292 g/mol. The normalized spacial score (nSPS) is 13.7. The Morgan fingerprint density at radius 2 is 1.90 bits per heavy atom. The van der Waals surface area contributed by atoms with Crippen LogP contribution < -0.4 is 11.1 Å². The first-order valence-corrected chi connectivity index (χ1v) is 7.63. The summed E-state index contributed by atoms with van der Waals surface area (Å²) in [4.78, 5) is 12.1. The molecule has 0 radical (unpaired) electrons. The summed E-state index contributed by atoms with van der Waals surface area (Å²) in [6.45, 7) is 5.08. The van der Waals surface area contributed by atoms with Crippen molar-refractivity contribution in [3.05, 3.63) is 35.4 Å². The highest BCUT2D eigenvalue weighted by molar-refractivity contribution is 5.78. The second kappa shape index (κ2) is 9.53. The molecule has 0 aliphatic carbocycles. The summed E-state index contributed by atoms with van der Waals surface area (Å²) in [5.41, 5.74) is 7.94. The van der Waals surface area contributed by atoms with Crippen molar-refractivity contribution in [2.75, 3.05) is 7.11 Å². The van der Waals surface area contributed by atoms with E-state index >= 15 is 0 Å². The number of benzene rings is 1. The van der Waals surface area contributed by atoms with Gasteiger partial charge in [-0.2, -0.15) is 0 Å². The van der Waals surface area contributed by atoms with Gasteiger partial charge in [0.2, 0.25) is 5.91 Å². The number of amides is 1. The Morgan fingerprint density at radius 1 is 1.24 bits per heavy atom. The molecule has 1 amide bonds. The summed E-state index contributed by atoms with van der Waals surface area (Å²) >= 11 is 0. The maximum Gasteiger partial charge on any atom is 0.223 e. The molecule has 0 aliphatic heterocycles. The average Bonchev–Trinajstić information content (AvgIpc) is 2.45. The Kier molecular flexibility index (Phi) is 8.01. The maximum absolute atomic E-state index is 12.1. The van der Waals surface area contributed by atoms with Crippen LogP contribution in [0.15, 0.2) is 24.3 Å². The van der Waals surface area contributed by atoms with E-state index in [4.69, 9.17) is 10.5 Å². The summed E-state index contributed by atoms with van der Waals surface area (Å²) in [5.74, 6) is 0.130. The topological polar surface area (TPSA) is 64.3 Å². The fourth-order valence-electron chi connectivity index (χ4n) is 2.26. The largest absolute Gasteiger partial charge is 0.380 e. The Bertz CT molecular complexity index is 433. The molecule has 2 atom stereocenters. The van der Waals surface area contributed by atoms with Crippen LogP contribution in [0, 0.1) is 5.92 Å². The summed E-state index contributed by atoms with van der Waals surface area (Å²) in [6.07, 6.45) is 2.84. The molecule has 118 valence electrons. The lowest BCUT2D eigenvalue weighted by atomic mass is 10.0. The molecule has 3 N–H and O–H groups in total. The molecule has 0 aromatic heterocycles. The van der Waals surface area contributed by atoms with Crippen LogP contribution in [-0.4, -0.2) is 19.1 Å². The number of carbonyl (C=O) groups excluding carboxylic acids is 1. The molecule has 1 rings (SSSR count). The number of methoxy groups -OCH3 is 1. The van der Waals surface area contributed by atoms with Gasteiger partial charge in [0, 0.05) is 25.6 Å². The van der Waals surface area contributed by atoms with Crippen LogP contribution in [0.4, 0.5) is 0 Å². The van der Waals surface area contributed by atoms with Crippen LogP contribution >= 0.6 is 0 Å². The van der Waals surface area contributed by atoms with Crippen molar-refractivity contribution in [1.29, 1.82) is 0 Å². The third-order valence-electron chi connectivity index (χ3n) is 3.62. The Labute approximate surface area is 128 Å². The van der Waals surface area contributed by atoms with Gasteiger partial charge >= 0.3 is 0 Å². The van der Waals surface area contributed by atoms with Gasteiger partial charge in [-0.1, -0.05) is 37.6 Å². The van der Waals surface area contributed by atoms with Gasteiger partial charge in [-0.15, -0.1) is 0 Å². The molecule has 21 heavy (non-hydrogen) atoms. The fourth-order valence-corrected chi connectivity index (χ4v) is 2.26. The highest BCUT2D eigenvalue weighted by atomic mass is 16.5. The van der Waals surface area contributed by atoms with Gasteiger partial charge in [-0.3, -0.25) is 4.79 Å². The van der Waals surface area contributed by atoms with Crippen molar-refractivity contribution in [2.24, 2.45) is 11.7 Å². The maximum atomic E-state index is 12.1. The minimum atomic E-state index is 0.0262. The van der Waals surface area contributed by atoms with Gasteiger partial charge in [0.15, 0.2) is 0 Å². The molecule has 1 aromatic carbocycles. The zero-order valence-electron chi connectivity index (χ0n) is 13.4. The van der Waals surface area contributed by atoms with Crippen molar-refractivity contribution in [2.45, 2.75) is 52.3 Å². The molecule has 0 saturated carbocycles. The predicted molar refractivity (Wildman–Crippen MR) is 85.7 cm³/mol. The highest BCUT2D eigenvalue weighted by Crippen LogP contribution is 2.12. The fraction of sp³-hybridized carbons (Fsp3) is 0.588. The number of rotatable bonds is 9. The Balaban J connectivity index is 2.41. The number of nitrogens with one attached hydrogen (secondary N) is 1. The van der Waals surface area contributed by atoms with E-state index in [1.54, 1.807) is 7.11 Å². The van der Waals surface area contributed by atoms with E-state index in [1.807, 2.05) is 38.1 Å². The van der Waals surface area contributed by atoms with Crippen LogP contribution in [0.5, 0.6) is 0 Å². The molecule has 4 heteroatoms. The van der Waals surface area contributed by atoms with Gasteiger partial charge in [-0.25, -0.2) is 0 Å². The second-order valence-electron chi connectivity index (χ2n) is 5.73. The molecular weight excluding hydrogens is 264 g/mol. The zero-order chi connectivity index (χ0) is 15.7. The van der Waals surface area contributed by atoms with Crippen molar-refractivity contribution in [1.82, 2.24) is 5.32 Å². The number of nitrogens with two attached hydrogens (primary N) is 1. The van der Waals surface area contributed by atoms with Gasteiger partial charge < -0.3 is 15.8 Å². The molecular formula is C17H28N2O2. The van der Waals surface area contributed by atoms with Crippen LogP contribution in [0.1, 0.15) is 44.2 Å². The van der Waals surface area contributed by atoms with Crippen molar-refractivity contribution in [3.8, 4) is 0 Å². The molecule has 0 heterocycles. The molecule has 4 nitrogen and oxygen atoms in total. The minimum absolute atomic E-state index is 0.0262. The smallest absolute Gasteiger partial charge is 0.223 e. The molecule has 0 aliphatic rings. The lowest BCUT2D eigenvalue weighted by molar-refractivity contribution is -0.124. The van der Waals surface area contributed by atoms with Crippen molar-refractivity contribution in [3.63, 3.8) is 0 Å². The SMILES string of the molecule is COCc1ccccc1CNC(=O)C(C)CCCC(C)N. The summed E-state index contributed by atoms with van der Waals surface area (Å²) < 4.78 is 5.17. The number of ether oxygens (including phenoxy) is 1. The molecule has 0 saturated heterocycles. The van der Waals surface area contributed by atoms with Crippen LogP contribution in [-0.2, 0) is 22.7 Å². The Hall–Kier alpha value is -1.39. The van der Waals surface area contributed by atoms with Crippen molar-refractivity contribution >= 4 is 5.91 Å². The van der Waals surface area contributed by atoms with E-state index in [9.17, 15) is 4.79 Å². The minimum Gasteiger partial charge on any atom is -0.380 e. The summed E-state index contributed by atoms with van der Waals surface area (Å²) in [6, 6.07) is 8.22. The third kappa shape index (κ3) is 6.74. The van der Waals surface area contributed by atoms with Crippen LogP contribution in [0.2, 0.25) is 0 Å². The average molecular weight is 292 g/mol. The zero-order valence-corrected chi connectivity index (χ0v) is 13.4. The van der Waals surface area contributed by atoms with Gasteiger partial charge in [0.25, 0.3) is 0 Å². The first-order valence-electron chi connectivity index (χ1n) is 7.63. The quantitative estimate of drug-likeness (QED) is 0.735. The number of hydrogen-bond donors (Lipinski definition) is 2. The molecule has 0 bridgehead atoms. The summed E-state index contributed by atoms with van der Waals surface area (Å²) in [5, 5.41) is 3.01. The number of hydrogen-bond acceptors (Lipinski definition) is 3. The van der Waals surface area contributed by atoms with E-state index in [-0.39, 0.29) is 17.9 Å². The first kappa shape index (κ1) is 17.7. The van der Waals surface area contributed by atoms with Crippen LogP contribution in [0.3, 0.4) is 0 Å². The number of carbonyl (C=O) groups is 1. The van der Waals surface area contributed by atoms with E-state index in [0.29, 0.717) is 13.2 Å². The first-order chi connectivity index (χ1) is 10.0. The highest BCUT2D eigenvalue weighted by Gasteiger charge is 2.13.